The van der Waals surface area contributed by atoms with Crippen molar-refractivity contribution in [1.29, 1.82) is 0 Å². The van der Waals surface area contributed by atoms with Gasteiger partial charge < -0.3 is 19.5 Å². The number of carbonyl (C=O) groups excluding carboxylic acids is 1. The molecule has 0 aliphatic carbocycles. The largest absolute Gasteiger partial charge is 0.497 e. The molecule has 2 aromatic heterocycles. The summed E-state index contributed by atoms with van der Waals surface area (Å²) < 4.78 is 9.51. The second-order valence-corrected chi connectivity index (χ2v) is 8.85. The number of nitrogens with zero attached hydrogens (tertiary/aromatic N) is 4. The van der Waals surface area contributed by atoms with E-state index in [0.717, 1.165) is 39.8 Å². The molecule has 0 radical (unpaired) electrons. The first-order chi connectivity index (χ1) is 16.5. The van der Waals surface area contributed by atoms with Crippen LogP contribution in [0.4, 0.5) is 4.79 Å². The molecule has 174 valence electrons. The van der Waals surface area contributed by atoms with Gasteiger partial charge in [-0.05, 0) is 62.7 Å². The lowest BCUT2D eigenvalue weighted by Gasteiger charge is -2.31. The number of urea groups is 1. The highest BCUT2D eigenvalue weighted by atomic mass is 16.5. The van der Waals surface area contributed by atoms with Crippen molar-refractivity contribution < 1.29 is 9.53 Å². The Balaban J connectivity index is 1.73. The lowest BCUT2D eigenvalue weighted by molar-refractivity contribution is 0.178. The third-order valence-corrected chi connectivity index (χ3v) is 6.19. The van der Waals surface area contributed by atoms with Gasteiger partial charge in [-0.25, -0.2) is 9.48 Å². The van der Waals surface area contributed by atoms with E-state index in [9.17, 15) is 4.79 Å². The van der Waals surface area contributed by atoms with Crippen LogP contribution in [0.1, 0.15) is 42.4 Å². The molecule has 7 nitrogen and oxygen atoms in total. The zero-order valence-electron chi connectivity index (χ0n) is 19.9. The number of nitrogens with one attached hydrogen (secondary N) is 1. The molecule has 1 atom stereocenters. The summed E-state index contributed by atoms with van der Waals surface area (Å²) in [5, 5.41) is 7.98. The Kier molecular flexibility index (Phi) is 5.61. The lowest BCUT2D eigenvalue weighted by atomic mass is 10.0. The number of fused-ring (bicyclic) bond motifs is 3. The van der Waals surface area contributed by atoms with Crippen molar-refractivity contribution in [3.05, 3.63) is 95.4 Å². The van der Waals surface area contributed by atoms with Crippen LogP contribution in [0.3, 0.4) is 0 Å². The van der Waals surface area contributed by atoms with Crippen LogP contribution in [0.15, 0.2) is 72.9 Å². The van der Waals surface area contributed by atoms with Crippen molar-refractivity contribution in [3.63, 3.8) is 0 Å². The molecule has 4 aromatic rings. The number of hydrogen-bond acceptors (Lipinski definition) is 3. The molecule has 34 heavy (non-hydrogen) atoms. The summed E-state index contributed by atoms with van der Waals surface area (Å²) in [6, 6.07) is 21.8. The predicted octanol–water partition coefficient (Wildman–Crippen LogP) is 5.00. The van der Waals surface area contributed by atoms with Gasteiger partial charge in [0.2, 0.25) is 0 Å². The van der Waals surface area contributed by atoms with Crippen LogP contribution in [0.2, 0.25) is 0 Å². The van der Waals surface area contributed by atoms with E-state index in [1.807, 2.05) is 91.0 Å². The first-order valence-electron chi connectivity index (χ1n) is 11.5. The van der Waals surface area contributed by atoms with Gasteiger partial charge in [0.05, 0.1) is 36.8 Å². The average molecular weight is 456 g/mol. The van der Waals surface area contributed by atoms with E-state index in [2.05, 4.69) is 22.1 Å². The maximum Gasteiger partial charge on any atom is 0.318 e. The number of aryl methyl sites for hydroxylation is 1. The van der Waals surface area contributed by atoms with Gasteiger partial charge >= 0.3 is 6.03 Å². The summed E-state index contributed by atoms with van der Waals surface area (Å²) in [6.45, 7) is 6.40. The number of benzene rings is 2. The Morgan fingerprint density at radius 2 is 1.79 bits per heavy atom. The zero-order valence-corrected chi connectivity index (χ0v) is 19.9. The van der Waals surface area contributed by atoms with Crippen LogP contribution < -0.4 is 10.1 Å². The van der Waals surface area contributed by atoms with Gasteiger partial charge in [-0.3, -0.25) is 0 Å². The molecule has 0 spiro atoms. The summed E-state index contributed by atoms with van der Waals surface area (Å²) in [4.78, 5) is 15.5. The van der Waals surface area contributed by atoms with E-state index in [1.54, 1.807) is 7.11 Å². The van der Waals surface area contributed by atoms with Gasteiger partial charge in [-0.1, -0.05) is 30.3 Å². The molecule has 1 unspecified atom stereocenters. The van der Waals surface area contributed by atoms with E-state index in [-0.39, 0.29) is 18.1 Å². The van der Waals surface area contributed by atoms with Gasteiger partial charge in [0, 0.05) is 17.8 Å². The average Bonchev–Trinajstić information content (AvgIpc) is 3.40. The number of ether oxygens (including phenoxy) is 1. The summed E-state index contributed by atoms with van der Waals surface area (Å²) >= 11 is 0. The summed E-state index contributed by atoms with van der Waals surface area (Å²) in [6.07, 6.45) is 2.05. The fourth-order valence-electron chi connectivity index (χ4n) is 4.62. The SMILES string of the molecule is COc1ccc(C2c3cccn3-c3c(c(C)nn3-c3ccccc3)CN2C(=O)NC(C)C)cc1. The molecule has 5 rings (SSSR count). The van der Waals surface area contributed by atoms with Crippen molar-refractivity contribution in [2.45, 2.75) is 39.4 Å². The maximum absolute atomic E-state index is 13.6. The van der Waals surface area contributed by atoms with Gasteiger partial charge in [0.25, 0.3) is 0 Å². The molecule has 0 bridgehead atoms. The van der Waals surface area contributed by atoms with Crippen molar-refractivity contribution in [2.24, 2.45) is 0 Å². The molecule has 1 N–H and O–H groups in total. The van der Waals surface area contributed by atoms with E-state index >= 15 is 0 Å². The molecule has 0 fully saturated rings. The highest BCUT2D eigenvalue weighted by Gasteiger charge is 2.36. The number of methoxy groups -OCH3 is 1. The standard InChI is InChI=1S/C27H29N5O2/c1-18(2)28-27(33)31-17-23-19(3)29-32(21-9-6-5-7-10-21)26(23)30-16-8-11-24(30)25(31)20-12-14-22(34-4)15-13-20/h5-16,18,25H,17H2,1-4H3,(H,28,33). The predicted molar refractivity (Wildman–Crippen MR) is 132 cm³/mol. The normalized spacial score (nSPS) is 15.0. The highest BCUT2D eigenvalue weighted by molar-refractivity contribution is 5.76. The first kappa shape index (κ1) is 21.8. The number of carbonyl (C=O) groups is 1. The minimum atomic E-state index is -0.282. The Labute approximate surface area is 199 Å². The quantitative estimate of drug-likeness (QED) is 0.471. The van der Waals surface area contributed by atoms with Crippen molar-refractivity contribution in [3.8, 4) is 17.3 Å². The highest BCUT2D eigenvalue weighted by Crippen LogP contribution is 2.38. The molecule has 1 aliphatic heterocycles. The van der Waals surface area contributed by atoms with E-state index < -0.39 is 0 Å². The number of amides is 2. The summed E-state index contributed by atoms with van der Waals surface area (Å²) in [5.41, 5.74) is 4.92. The Morgan fingerprint density at radius 1 is 1.06 bits per heavy atom. The zero-order chi connectivity index (χ0) is 23.8. The van der Waals surface area contributed by atoms with E-state index in [4.69, 9.17) is 9.84 Å². The van der Waals surface area contributed by atoms with Gasteiger partial charge in [-0.2, -0.15) is 5.10 Å². The van der Waals surface area contributed by atoms with Crippen molar-refractivity contribution >= 4 is 6.03 Å². The molecule has 0 saturated carbocycles. The van der Waals surface area contributed by atoms with E-state index in [1.165, 1.54) is 0 Å². The van der Waals surface area contributed by atoms with Gasteiger partial charge in [0.1, 0.15) is 11.6 Å². The van der Waals surface area contributed by atoms with Crippen LogP contribution in [0, 0.1) is 6.92 Å². The molecular formula is C27H29N5O2. The number of hydrogen-bond donors (Lipinski definition) is 1. The van der Waals surface area contributed by atoms with Crippen molar-refractivity contribution in [2.75, 3.05) is 7.11 Å². The number of rotatable bonds is 4. The minimum absolute atomic E-state index is 0.0201. The molecule has 2 amide bonds. The third-order valence-electron chi connectivity index (χ3n) is 6.19. The molecule has 1 aliphatic rings. The van der Waals surface area contributed by atoms with Crippen LogP contribution in [-0.4, -0.2) is 38.4 Å². The van der Waals surface area contributed by atoms with Crippen LogP contribution >= 0.6 is 0 Å². The number of aromatic nitrogens is 3. The first-order valence-corrected chi connectivity index (χ1v) is 11.5. The summed E-state index contributed by atoms with van der Waals surface area (Å²) in [5.74, 6) is 1.74. The Hall–Kier alpha value is -4.00. The fraction of sp³-hybridized carbons (Fsp3) is 0.259. The molecule has 7 heteroatoms. The van der Waals surface area contributed by atoms with Gasteiger partial charge in [-0.15, -0.1) is 0 Å². The van der Waals surface area contributed by atoms with Crippen LogP contribution in [0.25, 0.3) is 11.5 Å². The summed E-state index contributed by atoms with van der Waals surface area (Å²) in [7, 11) is 1.66. The molecular weight excluding hydrogens is 426 g/mol. The van der Waals surface area contributed by atoms with Crippen LogP contribution in [-0.2, 0) is 6.54 Å². The molecule has 0 saturated heterocycles. The van der Waals surface area contributed by atoms with Gasteiger partial charge in [0.15, 0.2) is 0 Å². The Morgan fingerprint density at radius 3 is 2.47 bits per heavy atom. The third kappa shape index (κ3) is 3.73. The fourth-order valence-corrected chi connectivity index (χ4v) is 4.62. The molecule has 2 aromatic carbocycles. The minimum Gasteiger partial charge on any atom is -0.497 e. The lowest BCUT2D eigenvalue weighted by Crippen LogP contribution is -2.44. The number of para-hydroxylation sites is 1. The maximum atomic E-state index is 13.6. The van der Waals surface area contributed by atoms with Crippen LogP contribution in [0.5, 0.6) is 5.75 Å². The Bertz CT molecular complexity index is 1300. The second-order valence-electron chi connectivity index (χ2n) is 8.85. The monoisotopic (exact) mass is 455 g/mol. The second kappa shape index (κ2) is 8.74. The topological polar surface area (TPSA) is 64.3 Å². The molecule has 3 heterocycles. The van der Waals surface area contributed by atoms with Crippen molar-refractivity contribution in [1.82, 2.24) is 24.6 Å². The van der Waals surface area contributed by atoms with E-state index in [0.29, 0.717) is 6.54 Å². The smallest absolute Gasteiger partial charge is 0.318 e.